The highest BCUT2D eigenvalue weighted by atomic mass is 16.7. The highest BCUT2D eigenvalue weighted by Crippen LogP contribution is 2.36. The van der Waals surface area contributed by atoms with Gasteiger partial charge in [-0.15, -0.1) is 0 Å². The molecule has 0 radical (unpaired) electrons. The zero-order valence-electron chi connectivity index (χ0n) is 11.7. The number of hydrogen-bond donors (Lipinski definition) is 0. The van der Waals surface area contributed by atoms with E-state index in [9.17, 15) is 0 Å². The first-order valence-corrected chi connectivity index (χ1v) is 6.18. The fourth-order valence-corrected chi connectivity index (χ4v) is 1.50. The van der Waals surface area contributed by atoms with E-state index in [2.05, 4.69) is 4.98 Å². The smallest absolute Gasteiger partial charge is 0.399 e. The third-order valence-corrected chi connectivity index (χ3v) is 3.23. The Bertz CT molecular complexity index is 336. The van der Waals surface area contributed by atoms with Crippen LogP contribution in [0, 0.1) is 0 Å². The lowest BCUT2D eigenvalue weighted by Gasteiger charge is -2.32. The van der Waals surface area contributed by atoms with Crippen molar-refractivity contribution in [3.8, 4) is 0 Å². The van der Waals surface area contributed by atoms with Gasteiger partial charge in [0.15, 0.2) is 0 Å². The monoisotopic (exact) mass is 235 g/mol. The number of pyridine rings is 1. The van der Waals surface area contributed by atoms with Crippen molar-refractivity contribution in [3.05, 3.63) is 24.5 Å². The van der Waals surface area contributed by atoms with Crippen LogP contribution in [0.15, 0.2) is 24.5 Å². The quantitative estimate of drug-likeness (QED) is 0.700. The maximum atomic E-state index is 5.90. The Hall–Kier alpha value is -0.865. The van der Waals surface area contributed by atoms with Gasteiger partial charge < -0.3 is 9.31 Å². The molecule has 0 amide bonds. The Morgan fingerprint density at radius 2 is 1.35 bits per heavy atom. The van der Waals surface area contributed by atoms with Crippen molar-refractivity contribution in [3.63, 3.8) is 0 Å². The molecule has 0 spiro atoms. The Balaban J connectivity index is 0.000000686. The molecular formula is C13H22BNO2. The molecule has 0 saturated carbocycles. The second-order valence-corrected chi connectivity index (χ2v) is 4.87. The predicted molar refractivity (Wildman–Crippen MR) is 71.3 cm³/mol. The number of nitrogens with zero attached hydrogens (tertiary/aromatic N) is 1. The van der Waals surface area contributed by atoms with Crippen LogP contribution in [0.25, 0.3) is 0 Å². The molecule has 1 aliphatic heterocycles. The van der Waals surface area contributed by atoms with Crippen LogP contribution in [0.2, 0.25) is 0 Å². The first kappa shape index (κ1) is 14.2. The van der Waals surface area contributed by atoms with Gasteiger partial charge in [0.25, 0.3) is 0 Å². The average Bonchev–Trinajstić information content (AvgIpc) is 2.52. The van der Waals surface area contributed by atoms with Gasteiger partial charge in [0.1, 0.15) is 0 Å². The maximum Gasteiger partial charge on any atom is 0.494 e. The molecule has 1 aromatic heterocycles. The third-order valence-electron chi connectivity index (χ3n) is 3.23. The molecule has 2 rings (SSSR count). The lowest BCUT2D eigenvalue weighted by atomic mass is 9.80. The number of aromatic nitrogens is 1. The van der Waals surface area contributed by atoms with Crippen LogP contribution in [0.5, 0.6) is 0 Å². The first-order valence-electron chi connectivity index (χ1n) is 6.18. The van der Waals surface area contributed by atoms with Gasteiger partial charge in [-0.3, -0.25) is 4.98 Å². The van der Waals surface area contributed by atoms with Crippen LogP contribution < -0.4 is 5.46 Å². The van der Waals surface area contributed by atoms with Gasteiger partial charge in [0.2, 0.25) is 0 Å². The number of rotatable bonds is 1. The van der Waals surface area contributed by atoms with E-state index in [0.717, 1.165) is 5.46 Å². The highest BCUT2D eigenvalue weighted by Gasteiger charge is 2.51. The average molecular weight is 235 g/mol. The van der Waals surface area contributed by atoms with Crippen molar-refractivity contribution >= 4 is 12.6 Å². The summed E-state index contributed by atoms with van der Waals surface area (Å²) >= 11 is 0. The van der Waals surface area contributed by atoms with Crippen LogP contribution in [0.3, 0.4) is 0 Å². The van der Waals surface area contributed by atoms with Gasteiger partial charge in [-0.1, -0.05) is 13.8 Å². The summed E-state index contributed by atoms with van der Waals surface area (Å²) in [6.07, 6.45) is 3.50. The van der Waals surface area contributed by atoms with E-state index in [1.807, 2.05) is 53.7 Å². The minimum atomic E-state index is -0.280. The molecule has 0 N–H and O–H groups in total. The van der Waals surface area contributed by atoms with E-state index < -0.39 is 0 Å². The summed E-state index contributed by atoms with van der Waals surface area (Å²) in [6, 6.07) is 3.84. The van der Waals surface area contributed by atoms with Crippen molar-refractivity contribution in [2.75, 3.05) is 0 Å². The van der Waals surface area contributed by atoms with Crippen molar-refractivity contribution in [2.24, 2.45) is 0 Å². The minimum Gasteiger partial charge on any atom is -0.399 e. The lowest BCUT2D eigenvalue weighted by Crippen LogP contribution is -2.41. The summed E-state index contributed by atoms with van der Waals surface area (Å²) in [5, 5.41) is 0. The second-order valence-electron chi connectivity index (χ2n) is 4.87. The number of hydrogen-bond acceptors (Lipinski definition) is 3. The zero-order chi connectivity index (χ0) is 13.1. The van der Waals surface area contributed by atoms with E-state index >= 15 is 0 Å². The van der Waals surface area contributed by atoms with Crippen LogP contribution in [-0.2, 0) is 9.31 Å². The van der Waals surface area contributed by atoms with Crippen LogP contribution in [0.1, 0.15) is 41.5 Å². The summed E-state index contributed by atoms with van der Waals surface area (Å²) in [6.45, 7) is 12.2. The van der Waals surface area contributed by atoms with Gasteiger partial charge in [0.05, 0.1) is 11.2 Å². The molecule has 94 valence electrons. The Labute approximate surface area is 105 Å². The molecule has 0 unspecified atom stereocenters. The van der Waals surface area contributed by atoms with Gasteiger partial charge in [-0.25, -0.2) is 0 Å². The van der Waals surface area contributed by atoms with Crippen molar-refractivity contribution < 1.29 is 9.31 Å². The normalized spacial score (nSPS) is 20.7. The van der Waals surface area contributed by atoms with E-state index in [0.29, 0.717) is 0 Å². The molecular weight excluding hydrogens is 213 g/mol. The third kappa shape index (κ3) is 2.88. The fraction of sp³-hybridized carbons (Fsp3) is 0.615. The summed E-state index contributed by atoms with van der Waals surface area (Å²) < 4.78 is 11.8. The maximum absolute atomic E-state index is 5.90. The van der Waals surface area contributed by atoms with E-state index in [1.54, 1.807) is 12.4 Å². The molecule has 0 atom stereocenters. The molecule has 1 fully saturated rings. The van der Waals surface area contributed by atoms with E-state index in [1.165, 1.54) is 0 Å². The van der Waals surface area contributed by atoms with E-state index in [4.69, 9.17) is 9.31 Å². The highest BCUT2D eigenvalue weighted by molar-refractivity contribution is 6.62. The van der Waals surface area contributed by atoms with Gasteiger partial charge in [0, 0.05) is 12.4 Å². The van der Waals surface area contributed by atoms with Crippen molar-refractivity contribution in [1.82, 2.24) is 4.98 Å². The molecule has 0 aliphatic carbocycles. The zero-order valence-corrected chi connectivity index (χ0v) is 11.7. The summed E-state index contributed by atoms with van der Waals surface area (Å²) in [4.78, 5) is 3.98. The molecule has 3 nitrogen and oxygen atoms in total. The summed E-state index contributed by atoms with van der Waals surface area (Å²) in [7, 11) is -0.280. The summed E-state index contributed by atoms with van der Waals surface area (Å²) in [5.41, 5.74) is 0.464. The Kier molecular flexibility index (Phi) is 4.34. The molecule has 1 aliphatic rings. The molecule has 0 aromatic carbocycles. The van der Waals surface area contributed by atoms with Crippen LogP contribution >= 0.6 is 0 Å². The van der Waals surface area contributed by atoms with Crippen molar-refractivity contribution in [2.45, 2.75) is 52.7 Å². The molecule has 17 heavy (non-hydrogen) atoms. The standard InChI is InChI=1S/C11H16BNO2.C2H6/c1-10(2)11(3,4)15-12(14-10)9-5-7-13-8-6-9;1-2/h5-8H,1-4H3;1-2H3. The molecule has 1 aromatic rings. The van der Waals surface area contributed by atoms with Gasteiger partial charge in [-0.2, -0.15) is 0 Å². The largest absolute Gasteiger partial charge is 0.494 e. The Morgan fingerprint density at radius 1 is 0.941 bits per heavy atom. The molecule has 2 heterocycles. The SMILES string of the molecule is CC.CC1(C)OB(c2ccncc2)OC1(C)C. The molecule has 0 bridgehead atoms. The Morgan fingerprint density at radius 3 is 1.76 bits per heavy atom. The molecule has 1 saturated heterocycles. The van der Waals surface area contributed by atoms with E-state index in [-0.39, 0.29) is 18.3 Å². The second kappa shape index (κ2) is 5.19. The summed E-state index contributed by atoms with van der Waals surface area (Å²) in [5.74, 6) is 0. The first-order chi connectivity index (χ1) is 7.92. The predicted octanol–water partition coefficient (Wildman–Crippen LogP) is 2.41. The van der Waals surface area contributed by atoms with Crippen molar-refractivity contribution in [1.29, 1.82) is 0 Å². The van der Waals surface area contributed by atoms with Crippen LogP contribution in [-0.4, -0.2) is 23.3 Å². The lowest BCUT2D eigenvalue weighted by molar-refractivity contribution is 0.00578. The molecule has 4 heteroatoms. The fourth-order valence-electron chi connectivity index (χ4n) is 1.50. The van der Waals surface area contributed by atoms with Gasteiger partial charge in [-0.05, 0) is 45.3 Å². The minimum absolute atomic E-state index is 0.277. The van der Waals surface area contributed by atoms with Crippen LogP contribution in [0.4, 0.5) is 0 Å². The topological polar surface area (TPSA) is 31.4 Å². The van der Waals surface area contributed by atoms with Gasteiger partial charge >= 0.3 is 7.12 Å².